The van der Waals surface area contributed by atoms with Gasteiger partial charge in [0.2, 0.25) is 0 Å². The SMILES string of the molecule is CN1CCC(ONC(=O)c2cccc3ccccc23)C1. The van der Waals surface area contributed by atoms with Gasteiger partial charge in [-0.1, -0.05) is 36.4 Å². The summed E-state index contributed by atoms with van der Waals surface area (Å²) in [6, 6.07) is 13.6. The molecule has 0 saturated carbocycles. The maximum Gasteiger partial charge on any atom is 0.275 e. The molecule has 1 heterocycles. The number of hydrogen-bond donors (Lipinski definition) is 1. The van der Waals surface area contributed by atoms with Crippen LogP contribution in [0.1, 0.15) is 16.8 Å². The zero-order valence-corrected chi connectivity index (χ0v) is 11.5. The number of nitrogens with one attached hydrogen (secondary N) is 1. The Hall–Kier alpha value is -1.91. The highest BCUT2D eigenvalue weighted by atomic mass is 16.7. The summed E-state index contributed by atoms with van der Waals surface area (Å²) in [4.78, 5) is 19.9. The molecule has 0 aliphatic carbocycles. The second kappa shape index (κ2) is 5.61. The molecule has 1 aliphatic rings. The summed E-state index contributed by atoms with van der Waals surface area (Å²) < 4.78 is 0. The molecule has 1 unspecified atom stereocenters. The summed E-state index contributed by atoms with van der Waals surface area (Å²) in [5.41, 5.74) is 3.24. The number of benzene rings is 2. The van der Waals surface area contributed by atoms with Crippen LogP contribution in [0, 0.1) is 0 Å². The van der Waals surface area contributed by atoms with Gasteiger partial charge in [-0.2, -0.15) is 0 Å². The lowest BCUT2D eigenvalue weighted by molar-refractivity contribution is -0.0101. The van der Waals surface area contributed by atoms with Crippen molar-refractivity contribution in [2.75, 3.05) is 20.1 Å². The third-order valence-electron chi connectivity index (χ3n) is 3.70. The molecule has 4 nitrogen and oxygen atoms in total. The van der Waals surface area contributed by atoms with E-state index in [2.05, 4.69) is 17.4 Å². The van der Waals surface area contributed by atoms with E-state index in [4.69, 9.17) is 4.84 Å². The molecule has 0 radical (unpaired) electrons. The second-order valence-corrected chi connectivity index (χ2v) is 5.25. The number of fused-ring (bicyclic) bond motifs is 1. The van der Waals surface area contributed by atoms with Gasteiger partial charge >= 0.3 is 0 Å². The molecular weight excluding hydrogens is 252 g/mol. The first-order valence-electron chi connectivity index (χ1n) is 6.86. The summed E-state index contributed by atoms with van der Waals surface area (Å²) in [7, 11) is 2.05. The van der Waals surface area contributed by atoms with Crippen LogP contribution in [0.2, 0.25) is 0 Å². The van der Waals surface area contributed by atoms with E-state index < -0.39 is 0 Å². The molecule has 0 aromatic heterocycles. The van der Waals surface area contributed by atoms with Gasteiger partial charge in [-0.25, -0.2) is 5.48 Å². The summed E-state index contributed by atoms with van der Waals surface area (Å²) in [5.74, 6) is -0.184. The van der Waals surface area contributed by atoms with Crippen LogP contribution in [0.5, 0.6) is 0 Å². The molecule has 1 N–H and O–H groups in total. The number of amides is 1. The van der Waals surface area contributed by atoms with E-state index in [1.54, 1.807) is 0 Å². The first-order valence-corrected chi connectivity index (χ1v) is 6.86. The lowest BCUT2D eigenvalue weighted by Crippen LogP contribution is -2.31. The first kappa shape index (κ1) is 13.1. The lowest BCUT2D eigenvalue weighted by Gasteiger charge is -2.13. The predicted molar refractivity (Wildman–Crippen MR) is 78.4 cm³/mol. The highest BCUT2D eigenvalue weighted by Crippen LogP contribution is 2.18. The fourth-order valence-electron chi connectivity index (χ4n) is 2.61. The van der Waals surface area contributed by atoms with Crippen molar-refractivity contribution in [3.05, 3.63) is 48.0 Å². The monoisotopic (exact) mass is 270 g/mol. The van der Waals surface area contributed by atoms with E-state index in [-0.39, 0.29) is 12.0 Å². The third kappa shape index (κ3) is 2.66. The molecule has 1 fully saturated rings. The van der Waals surface area contributed by atoms with Gasteiger partial charge < -0.3 is 4.90 Å². The topological polar surface area (TPSA) is 41.6 Å². The van der Waals surface area contributed by atoms with Gasteiger partial charge in [-0.15, -0.1) is 0 Å². The molecule has 104 valence electrons. The van der Waals surface area contributed by atoms with E-state index in [0.717, 1.165) is 30.3 Å². The second-order valence-electron chi connectivity index (χ2n) is 5.25. The Morgan fingerprint density at radius 2 is 2.05 bits per heavy atom. The number of carbonyl (C=O) groups is 1. The Kier molecular flexibility index (Phi) is 3.67. The van der Waals surface area contributed by atoms with Crippen LogP contribution in [0.15, 0.2) is 42.5 Å². The number of carbonyl (C=O) groups excluding carboxylic acids is 1. The standard InChI is InChI=1S/C16H18N2O2/c1-18-10-9-13(11-18)20-17-16(19)15-8-4-6-12-5-2-3-7-14(12)15/h2-8,13H,9-11H2,1H3,(H,17,19). The molecule has 1 atom stereocenters. The van der Waals surface area contributed by atoms with Crippen molar-refractivity contribution in [3.63, 3.8) is 0 Å². The van der Waals surface area contributed by atoms with Gasteiger partial charge in [0.05, 0.1) is 6.10 Å². The maximum atomic E-state index is 12.2. The number of nitrogens with zero attached hydrogens (tertiary/aromatic N) is 1. The van der Waals surface area contributed by atoms with Gasteiger partial charge in [0.15, 0.2) is 0 Å². The Balaban J connectivity index is 1.72. The smallest absolute Gasteiger partial charge is 0.275 e. The highest BCUT2D eigenvalue weighted by molar-refractivity contribution is 6.06. The Morgan fingerprint density at radius 1 is 1.25 bits per heavy atom. The molecular formula is C16H18N2O2. The zero-order valence-electron chi connectivity index (χ0n) is 11.5. The largest absolute Gasteiger partial charge is 0.304 e. The average molecular weight is 270 g/mol. The maximum absolute atomic E-state index is 12.2. The van der Waals surface area contributed by atoms with Gasteiger partial charge in [0, 0.05) is 18.7 Å². The minimum absolute atomic E-state index is 0.0823. The van der Waals surface area contributed by atoms with Crippen LogP contribution in [-0.4, -0.2) is 37.0 Å². The minimum Gasteiger partial charge on any atom is -0.304 e. The van der Waals surface area contributed by atoms with E-state index in [1.165, 1.54) is 0 Å². The number of likely N-dealkylation sites (tertiary alicyclic amines) is 1. The van der Waals surface area contributed by atoms with Crippen molar-refractivity contribution in [1.82, 2.24) is 10.4 Å². The zero-order chi connectivity index (χ0) is 13.9. The first-order chi connectivity index (χ1) is 9.74. The summed E-state index contributed by atoms with van der Waals surface area (Å²) in [6.45, 7) is 1.87. The molecule has 3 rings (SSSR count). The van der Waals surface area contributed by atoms with Crippen molar-refractivity contribution in [3.8, 4) is 0 Å². The average Bonchev–Trinajstić information content (AvgIpc) is 2.90. The molecule has 0 bridgehead atoms. The van der Waals surface area contributed by atoms with Crippen molar-refractivity contribution in [1.29, 1.82) is 0 Å². The lowest BCUT2D eigenvalue weighted by atomic mass is 10.0. The van der Waals surface area contributed by atoms with Crippen LogP contribution in [-0.2, 0) is 4.84 Å². The quantitative estimate of drug-likeness (QED) is 0.869. The summed E-state index contributed by atoms with van der Waals surface area (Å²) in [5, 5.41) is 2.00. The van der Waals surface area contributed by atoms with E-state index in [0.29, 0.717) is 5.56 Å². The Morgan fingerprint density at radius 3 is 2.85 bits per heavy atom. The molecule has 4 heteroatoms. The summed E-state index contributed by atoms with van der Waals surface area (Å²) in [6.07, 6.45) is 1.03. The van der Waals surface area contributed by atoms with Gasteiger partial charge in [-0.3, -0.25) is 9.63 Å². The van der Waals surface area contributed by atoms with Crippen LogP contribution in [0.25, 0.3) is 10.8 Å². The summed E-state index contributed by atoms with van der Waals surface area (Å²) >= 11 is 0. The van der Waals surface area contributed by atoms with E-state index in [1.807, 2.05) is 42.5 Å². The van der Waals surface area contributed by atoms with Crippen LogP contribution in [0.3, 0.4) is 0 Å². The highest BCUT2D eigenvalue weighted by Gasteiger charge is 2.21. The minimum atomic E-state index is -0.184. The number of hydroxylamine groups is 1. The van der Waals surface area contributed by atoms with Crippen molar-refractivity contribution in [2.45, 2.75) is 12.5 Å². The van der Waals surface area contributed by atoms with Gasteiger partial charge in [-0.05, 0) is 30.3 Å². The van der Waals surface area contributed by atoms with E-state index in [9.17, 15) is 4.79 Å². The third-order valence-corrected chi connectivity index (χ3v) is 3.70. The molecule has 1 aliphatic heterocycles. The molecule has 1 saturated heterocycles. The normalized spacial score (nSPS) is 19.4. The Labute approximate surface area is 118 Å². The molecule has 20 heavy (non-hydrogen) atoms. The number of likely N-dealkylation sites (N-methyl/N-ethyl adjacent to an activating group) is 1. The van der Waals surface area contributed by atoms with Gasteiger partial charge in [0.1, 0.15) is 0 Å². The van der Waals surface area contributed by atoms with Crippen molar-refractivity contribution < 1.29 is 9.63 Å². The fraction of sp³-hybridized carbons (Fsp3) is 0.312. The van der Waals surface area contributed by atoms with Crippen molar-refractivity contribution >= 4 is 16.7 Å². The number of hydrogen-bond acceptors (Lipinski definition) is 3. The molecule has 0 spiro atoms. The van der Waals surface area contributed by atoms with E-state index >= 15 is 0 Å². The molecule has 1 amide bonds. The Bertz CT molecular complexity index is 621. The molecule has 2 aromatic carbocycles. The van der Waals surface area contributed by atoms with Crippen LogP contribution >= 0.6 is 0 Å². The predicted octanol–water partition coefficient (Wildman–Crippen LogP) is 2.21. The van der Waals surface area contributed by atoms with Crippen molar-refractivity contribution in [2.24, 2.45) is 0 Å². The van der Waals surface area contributed by atoms with Crippen LogP contribution < -0.4 is 5.48 Å². The van der Waals surface area contributed by atoms with Gasteiger partial charge in [0.25, 0.3) is 5.91 Å². The van der Waals surface area contributed by atoms with Crippen LogP contribution in [0.4, 0.5) is 0 Å². The molecule has 2 aromatic rings. The fourth-order valence-corrected chi connectivity index (χ4v) is 2.61. The number of rotatable bonds is 3.